The number of anilines is 1. The van der Waals surface area contributed by atoms with Crippen molar-refractivity contribution < 1.29 is 8.42 Å². The molecule has 1 aromatic rings. The van der Waals surface area contributed by atoms with Crippen molar-refractivity contribution >= 4 is 15.7 Å². The smallest absolute Gasteiger partial charge is 0.231 e. The van der Waals surface area contributed by atoms with Gasteiger partial charge < -0.3 is 5.73 Å². The van der Waals surface area contributed by atoms with E-state index in [-0.39, 0.29) is 5.54 Å². The Kier molecular flexibility index (Phi) is 3.87. The monoisotopic (exact) mass is 282 g/mol. The predicted octanol–water partition coefficient (Wildman–Crippen LogP) is 2.20. The summed E-state index contributed by atoms with van der Waals surface area (Å²) in [6.45, 7) is 0. The summed E-state index contributed by atoms with van der Waals surface area (Å²) in [5.74, 6) is 0. The van der Waals surface area contributed by atoms with E-state index in [0.717, 1.165) is 18.4 Å². The number of rotatable bonds is 3. The average Bonchev–Trinajstić information content (AvgIpc) is 2.38. The van der Waals surface area contributed by atoms with E-state index in [1.807, 2.05) is 24.3 Å². The highest BCUT2D eigenvalue weighted by Crippen LogP contribution is 2.35. The molecule has 1 aromatic carbocycles. The van der Waals surface area contributed by atoms with Gasteiger partial charge in [-0.3, -0.25) is 4.31 Å². The van der Waals surface area contributed by atoms with Gasteiger partial charge in [0.05, 0.1) is 11.9 Å². The fourth-order valence-corrected chi connectivity index (χ4v) is 3.17. The van der Waals surface area contributed by atoms with Crippen molar-refractivity contribution in [3.63, 3.8) is 0 Å². The Bertz CT molecular complexity index is 531. The van der Waals surface area contributed by atoms with E-state index in [2.05, 4.69) is 0 Å². The molecule has 0 aliphatic heterocycles. The first kappa shape index (κ1) is 14.3. The van der Waals surface area contributed by atoms with E-state index in [1.54, 1.807) is 7.05 Å². The highest BCUT2D eigenvalue weighted by atomic mass is 32.2. The second-order valence-electron chi connectivity index (χ2n) is 5.49. The number of sulfonamides is 1. The molecule has 1 fully saturated rings. The van der Waals surface area contributed by atoms with Crippen LogP contribution < -0.4 is 10.0 Å². The lowest BCUT2D eigenvalue weighted by Crippen LogP contribution is -2.38. The van der Waals surface area contributed by atoms with E-state index < -0.39 is 10.0 Å². The molecule has 0 heterocycles. The fourth-order valence-electron chi connectivity index (χ4n) is 2.67. The molecule has 1 aliphatic carbocycles. The van der Waals surface area contributed by atoms with Gasteiger partial charge in [-0.05, 0) is 30.5 Å². The zero-order valence-corrected chi connectivity index (χ0v) is 12.4. The highest BCUT2D eigenvalue weighted by molar-refractivity contribution is 7.92. The number of benzene rings is 1. The quantitative estimate of drug-likeness (QED) is 0.924. The van der Waals surface area contributed by atoms with Gasteiger partial charge in [0, 0.05) is 12.6 Å². The number of hydrogen-bond acceptors (Lipinski definition) is 3. The van der Waals surface area contributed by atoms with Gasteiger partial charge in [-0.25, -0.2) is 8.42 Å². The van der Waals surface area contributed by atoms with Crippen LogP contribution in [0, 0.1) is 0 Å². The lowest BCUT2D eigenvalue weighted by molar-refractivity contribution is 0.302. The summed E-state index contributed by atoms with van der Waals surface area (Å²) in [6.07, 6.45) is 6.81. The van der Waals surface area contributed by atoms with Gasteiger partial charge in [0.15, 0.2) is 0 Å². The minimum atomic E-state index is -3.21. The Labute approximate surface area is 115 Å². The average molecular weight is 282 g/mol. The maximum absolute atomic E-state index is 11.5. The van der Waals surface area contributed by atoms with Crippen molar-refractivity contribution in [3.8, 4) is 0 Å². The minimum Gasteiger partial charge on any atom is -0.321 e. The molecule has 2 rings (SSSR count). The van der Waals surface area contributed by atoms with Crippen molar-refractivity contribution in [1.82, 2.24) is 0 Å². The fraction of sp³-hybridized carbons (Fsp3) is 0.571. The molecule has 1 saturated carbocycles. The second kappa shape index (κ2) is 5.13. The molecular weight excluding hydrogens is 260 g/mol. The maximum atomic E-state index is 11.5. The number of hydrogen-bond donors (Lipinski definition) is 1. The SMILES string of the molecule is CN(c1ccc(C2(N)CCCCC2)cc1)S(C)(=O)=O. The van der Waals surface area contributed by atoms with Crippen LogP contribution in [-0.2, 0) is 15.6 Å². The Balaban J connectivity index is 2.23. The van der Waals surface area contributed by atoms with Crippen LogP contribution >= 0.6 is 0 Å². The summed E-state index contributed by atoms with van der Waals surface area (Å²) in [6, 6.07) is 7.59. The van der Waals surface area contributed by atoms with Gasteiger partial charge >= 0.3 is 0 Å². The molecule has 106 valence electrons. The Morgan fingerprint density at radius 3 is 2.11 bits per heavy atom. The predicted molar refractivity (Wildman–Crippen MR) is 78.6 cm³/mol. The summed E-state index contributed by atoms with van der Waals surface area (Å²) >= 11 is 0. The second-order valence-corrected chi connectivity index (χ2v) is 7.51. The topological polar surface area (TPSA) is 63.4 Å². The van der Waals surface area contributed by atoms with Gasteiger partial charge in [-0.1, -0.05) is 31.4 Å². The molecule has 0 radical (unpaired) electrons. The van der Waals surface area contributed by atoms with Crippen molar-refractivity contribution in [2.75, 3.05) is 17.6 Å². The lowest BCUT2D eigenvalue weighted by atomic mass is 9.77. The third kappa shape index (κ3) is 3.09. The molecule has 5 heteroatoms. The summed E-state index contributed by atoms with van der Waals surface area (Å²) < 4.78 is 24.2. The zero-order chi connectivity index (χ0) is 14.1. The van der Waals surface area contributed by atoms with Crippen LogP contribution in [-0.4, -0.2) is 21.7 Å². The molecule has 0 atom stereocenters. The van der Waals surface area contributed by atoms with Crippen LogP contribution in [0.15, 0.2) is 24.3 Å². The van der Waals surface area contributed by atoms with E-state index >= 15 is 0 Å². The van der Waals surface area contributed by atoms with Gasteiger partial charge in [0.1, 0.15) is 0 Å². The molecule has 0 saturated heterocycles. The molecular formula is C14H22N2O2S. The molecule has 19 heavy (non-hydrogen) atoms. The van der Waals surface area contributed by atoms with E-state index in [4.69, 9.17) is 5.73 Å². The van der Waals surface area contributed by atoms with Crippen LogP contribution in [0.1, 0.15) is 37.7 Å². The normalized spacial score (nSPS) is 19.1. The molecule has 0 bridgehead atoms. The first-order chi connectivity index (χ1) is 8.83. The maximum Gasteiger partial charge on any atom is 0.231 e. The lowest BCUT2D eigenvalue weighted by Gasteiger charge is -2.34. The van der Waals surface area contributed by atoms with E-state index in [1.165, 1.54) is 29.8 Å². The molecule has 0 aromatic heterocycles. The van der Waals surface area contributed by atoms with Crippen LogP contribution in [0.5, 0.6) is 0 Å². The number of nitrogens with zero attached hydrogens (tertiary/aromatic N) is 1. The molecule has 0 unspecified atom stereocenters. The van der Waals surface area contributed by atoms with E-state index in [0.29, 0.717) is 5.69 Å². The Hall–Kier alpha value is -1.07. The third-order valence-electron chi connectivity index (χ3n) is 4.05. The van der Waals surface area contributed by atoms with E-state index in [9.17, 15) is 8.42 Å². The van der Waals surface area contributed by atoms with Crippen LogP contribution in [0.3, 0.4) is 0 Å². The van der Waals surface area contributed by atoms with Crippen molar-refractivity contribution in [1.29, 1.82) is 0 Å². The zero-order valence-electron chi connectivity index (χ0n) is 11.6. The number of nitrogens with two attached hydrogens (primary N) is 1. The van der Waals surface area contributed by atoms with Crippen molar-refractivity contribution in [3.05, 3.63) is 29.8 Å². The first-order valence-electron chi connectivity index (χ1n) is 6.66. The molecule has 4 nitrogen and oxygen atoms in total. The van der Waals surface area contributed by atoms with Crippen LogP contribution in [0.4, 0.5) is 5.69 Å². The molecule has 2 N–H and O–H groups in total. The van der Waals surface area contributed by atoms with Crippen LogP contribution in [0.25, 0.3) is 0 Å². The van der Waals surface area contributed by atoms with Crippen LogP contribution in [0.2, 0.25) is 0 Å². The van der Waals surface area contributed by atoms with Gasteiger partial charge in [-0.15, -0.1) is 0 Å². The van der Waals surface area contributed by atoms with Gasteiger partial charge in [-0.2, -0.15) is 0 Å². The molecule has 0 amide bonds. The minimum absolute atomic E-state index is 0.236. The summed E-state index contributed by atoms with van der Waals surface area (Å²) in [7, 11) is -1.65. The summed E-state index contributed by atoms with van der Waals surface area (Å²) in [5.41, 5.74) is 8.01. The Morgan fingerprint density at radius 2 is 1.63 bits per heavy atom. The standard InChI is InChI=1S/C14H22N2O2S/c1-16(19(2,17)18)13-8-6-12(7-9-13)14(15)10-4-3-5-11-14/h6-9H,3-5,10-11,15H2,1-2H3. The largest absolute Gasteiger partial charge is 0.321 e. The van der Waals surface area contributed by atoms with Crippen molar-refractivity contribution in [2.45, 2.75) is 37.6 Å². The molecule has 1 aliphatic rings. The third-order valence-corrected chi connectivity index (χ3v) is 5.25. The summed E-state index contributed by atoms with van der Waals surface area (Å²) in [5, 5.41) is 0. The molecule has 0 spiro atoms. The Morgan fingerprint density at radius 1 is 1.11 bits per heavy atom. The first-order valence-corrected chi connectivity index (χ1v) is 8.51. The van der Waals surface area contributed by atoms with Gasteiger partial charge in [0.25, 0.3) is 0 Å². The summed E-state index contributed by atoms with van der Waals surface area (Å²) in [4.78, 5) is 0. The highest BCUT2D eigenvalue weighted by Gasteiger charge is 2.29. The van der Waals surface area contributed by atoms with Gasteiger partial charge in [0.2, 0.25) is 10.0 Å². The van der Waals surface area contributed by atoms with Crippen molar-refractivity contribution in [2.24, 2.45) is 5.73 Å².